The third-order valence-electron chi connectivity index (χ3n) is 7.07. The Morgan fingerprint density at radius 2 is 2.09 bits per heavy atom. The number of pyridine rings is 1. The number of hydrogen-bond donors (Lipinski definition) is 0. The maximum atomic E-state index is 12.6. The molecule has 6 nitrogen and oxygen atoms in total. The number of ether oxygens (including phenoxy) is 2. The molecular formula is C24H25Br2N3O3. The zero-order chi connectivity index (χ0) is 22.6. The van der Waals surface area contributed by atoms with Crippen molar-refractivity contribution in [2.75, 3.05) is 27.3 Å². The Balaban J connectivity index is 1.46. The average molecular weight is 563 g/mol. The number of methoxy groups -OCH3 is 1. The highest BCUT2D eigenvalue weighted by atomic mass is 79.9. The largest absolute Gasteiger partial charge is 0.462 e. The Morgan fingerprint density at radius 1 is 1.28 bits per heavy atom. The average Bonchev–Trinajstić information content (AvgIpc) is 3.04. The molecule has 8 heteroatoms. The van der Waals surface area contributed by atoms with E-state index < -0.39 is 5.60 Å². The van der Waals surface area contributed by atoms with Crippen molar-refractivity contribution in [1.29, 1.82) is 0 Å². The zero-order valence-corrected chi connectivity index (χ0v) is 21.4. The van der Waals surface area contributed by atoms with Gasteiger partial charge in [-0.25, -0.2) is 4.79 Å². The highest BCUT2D eigenvalue weighted by Gasteiger charge is 2.52. The smallest absolute Gasteiger partial charge is 0.339 e. The number of carbonyl (C=O) groups is 1. The van der Waals surface area contributed by atoms with Crippen LogP contribution in [-0.4, -0.2) is 53.8 Å². The van der Waals surface area contributed by atoms with Gasteiger partial charge in [0.1, 0.15) is 5.60 Å². The third kappa shape index (κ3) is 3.34. The molecule has 0 bridgehead atoms. The molecule has 2 aliphatic rings. The van der Waals surface area contributed by atoms with Crippen LogP contribution in [0.5, 0.6) is 0 Å². The number of likely N-dealkylation sites (tertiary alicyclic amines) is 1. The van der Waals surface area contributed by atoms with E-state index in [4.69, 9.17) is 9.47 Å². The molecule has 168 valence electrons. The van der Waals surface area contributed by atoms with Crippen molar-refractivity contribution in [1.82, 2.24) is 14.5 Å². The fourth-order valence-electron chi connectivity index (χ4n) is 5.65. The number of fused-ring (bicyclic) bond motifs is 2. The molecule has 0 amide bonds. The van der Waals surface area contributed by atoms with Crippen molar-refractivity contribution in [3.05, 3.63) is 62.4 Å². The number of carbonyl (C=O) groups excluding carboxylic acids is 1. The van der Waals surface area contributed by atoms with Gasteiger partial charge in [-0.05, 0) is 75.0 Å². The molecule has 2 aromatic heterocycles. The van der Waals surface area contributed by atoms with Crippen molar-refractivity contribution in [2.24, 2.45) is 13.0 Å². The first kappa shape index (κ1) is 22.1. The molecule has 3 atom stereocenters. The van der Waals surface area contributed by atoms with Crippen LogP contribution in [0.15, 0.2) is 45.7 Å². The number of likely N-dealkylation sites (N-methyl/N-ethyl adjacent to an activating group) is 1. The maximum absolute atomic E-state index is 12.6. The second kappa shape index (κ2) is 8.24. The minimum Gasteiger partial charge on any atom is -0.462 e. The van der Waals surface area contributed by atoms with Gasteiger partial charge in [-0.1, -0.05) is 12.1 Å². The van der Waals surface area contributed by atoms with Crippen LogP contribution in [0, 0.1) is 5.92 Å². The lowest BCUT2D eigenvalue weighted by Crippen LogP contribution is -2.60. The molecule has 0 radical (unpaired) electrons. The molecule has 1 aromatic carbocycles. The van der Waals surface area contributed by atoms with Crippen LogP contribution in [0.3, 0.4) is 0 Å². The molecule has 0 unspecified atom stereocenters. The van der Waals surface area contributed by atoms with Gasteiger partial charge >= 0.3 is 5.97 Å². The molecule has 1 aliphatic carbocycles. The van der Waals surface area contributed by atoms with Gasteiger partial charge in [-0.3, -0.25) is 9.88 Å². The molecule has 1 fully saturated rings. The van der Waals surface area contributed by atoms with Crippen molar-refractivity contribution in [3.63, 3.8) is 0 Å². The van der Waals surface area contributed by atoms with E-state index in [2.05, 4.69) is 78.6 Å². The zero-order valence-electron chi connectivity index (χ0n) is 18.3. The molecule has 3 heterocycles. The van der Waals surface area contributed by atoms with Gasteiger partial charge in [0.15, 0.2) is 0 Å². The van der Waals surface area contributed by atoms with Gasteiger partial charge in [0, 0.05) is 60.4 Å². The van der Waals surface area contributed by atoms with Gasteiger partial charge < -0.3 is 14.0 Å². The Kier molecular flexibility index (Phi) is 5.68. The summed E-state index contributed by atoms with van der Waals surface area (Å²) in [5.74, 6) is -0.195. The van der Waals surface area contributed by atoms with E-state index in [-0.39, 0.29) is 17.9 Å². The van der Waals surface area contributed by atoms with Gasteiger partial charge in [-0.2, -0.15) is 0 Å². The minimum atomic E-state index is -0.450. The summed E-state index contributed by atoms with van der Waals surface area (Å²) in [5.41, 5.74) is 3.77. The lowest BCUT2D eigenvalue weighted by molar-refractivity contribution is -0.131. The van der Waals surface area contributed by atoms with Gasteiger partial charge in [0.25, 0.3) is 0 Å². The van der Waals surface area contributed by atoms with E-state index in [1.54, 1.807) is 12.3 Å². The molecule has 0 spiro atoms. The topological polar surface area (TPSA) is 56.6 Å². The highest BCUT2D eigenvalue weighted by Crippen LogP contribution is 2.51. The second-order valence-corrected chi connectivity index (χ2v) is 10.5. The normalized spacial score (nSPS) is 25.0. The van der Waals surface area contributed by atoms with Gasteiger partial charge in [-0.15, -0.1) is 0 Å². The van der Waals surface area contributed by atoms with E-state index in [9.17, 15) is 4.79 Å². The molecule has 1 aliphatic heterocycles. The molecule has 32 heavy (non-hydrogen) atoms. The summed E-state index contributed by atoms with van der Waals surface area (Å²) in [6.45, 7) is 1.18. The quantitative estimate of drug-likeness (QED) is 0.432. The Labute approximate surface area is 204 Å². The van der Waals surface area contributed by atoms with Crippen molar-refractivity contribution in [3.8, 4) is 0 Å². The van der Waals surface area contributed by atoms with Crippen molar-refractivity contribution in [2.45, 2.75) is 24.5 Å². The first-order valence-electron chi connectivity index (χ1n) is 10.6. The number of halogens is 2. The third-order valence-corrected chi connectivity index (χ3v) is 8.51. The predicted octanol–water partition coefficient (Wildman–Crippen LogP) is 4.67. The lowest BCUT2D eigenvalue weighted by atomic mass is 9.69. The van der Waals surface area contributed by atoms with Crippen LogP contribution in [0.4, 0.5) is 0 Å². The van der Waals surface area contributed by atoms with Crippen LogP contribution in [0.2, 0.25) is 0 Å². The van der Waals surface area contributed by atoms with Gasteiger partial charge in [0.05, 0.1) is 16.8 Å². The first-order valence-corrected chi connectivity index (χ1v) is 12.2. The minimum absolute atomic E-state index is 0.157. The summed E-state index contributed by atoms with van der Waals surface area (Å²) in [6, 6.07) is 8.41. The van der Waals surface area contributed by atoms with Crippen molar-refractivity contribution >= 4 is 48.7 Å². The van der Waals surface area contributed by atoms with Crippen LogP contribution >= 0.6 is 31.9 Å². The summed E-state index contributed by atoms with van der Waals surface area (Å²) in [7, 11) is 6.05. The number of benzene rings is 1. The first-order chi connectivity index (χ1) is 15.4. The van der Waals surface area contributed by atoms with E-state index in [0.29, 0.717) is 12.2 Å². The fraction of sp³-hybridized carbons (Fsp3) is 0.417. The number of piperidine rings is 1. The molecular weight excluding hydrogens is 538 g/mol. The Hall–Kier alpha value is -1.74. The molecule has 0 saturated carbocycles. The molecule has 1 saturated heterocycles. The van der Waals surface area contributed by atoms with Gasteiger partial charge in [0.2, 0.25) is 0 Å². The van der Waals surface area contributed by atoms with Crippen molar-refractivity contribution < 1.29 is 14.3 Å². The SMILES string of the molecule is CO[C@]12C[C@@H](COC(=O)c3cncc(Br)c3)CN(C)[C@@H]1Cc1c(Br)n(C)c3cccc2c13. The highest BCUT2D eigenvalue weighted by molar-refractivity contribution is 9.10. The van der Waals surface area contributed by atoms with Crippen LogP contribution in [0.1, 0.15) is 27.9 Å². The fourth-order valence-corrected chi connectivity index (χ4v) is 6.57. The van der Waals surface area contributed by atoms with E-state index in [1.165, 1.54) is 28.2 Å². The molecule has 0 N–H and O–H groups in total. The summed E-state index contributed by atoms with van der Waals surface area (Å²) < 4.78 is 16.2. The molecule has 5 rings (SSSR count). The van der Waals surface area contributed by atoms with Crippen LogP contribution in [0.25, 0.3) is 10.9 Å². The van der Waals surface area contributed by atoms with Crippen LogP contribution < -0.4 is 0 Å². The summed E-state index contributed by atoms with van der Waals surface area (Å²) in [6.07, 6.45) is 4.89. The van der Waals surface area contributed by atoms with Crippen LogP contribution in [-0.2, 0) is 28.5 Å². The number of rotatable bonds is 4. The number of aromatic nitrogens is 2. The predicted molar refractivity (Wildman–Crippen MR) is 130 cm³/mol. The summed E-state index contributed by atoms with van der Waals surface area (Å²) in [4.78, 5) is 19.0. The number of esters is 1. The molecule has 3 aromatic rings. The maximum Gasteiger partial charge on any atom is 0.339 e. The standard InChI is InChI=1S/C24H25Br2N3O3/c1-28-12-14(13-32-23(30)15-7-16(25)11-27-10-15)9-24(31-3)18-5-4-6-19-21(18)17(8-20(24)28)22(26)29(19)2/h4-7,10-11,14,20H,8-9,12-13H2,1-3H3/t14-,20-,24+/m1/s1. The summed E-state index contributed by atoms with van der Waals surface area (Å²) in [5, 5.41) is 1.28. The summed E-state index contributed by atoms with van der Waals surface area (Å²) >= 11 is 7.17. The Morgan fingerprint density at radius 3 is 2.84 bits per heavy atom. The number of nitrogens with zero attached hydrogens (tertiary/aromatic N) is 3. The van der Waals surface area contributed by atoms with E-state index in [0.717, 1.165) is 28.5 Å². The lowest BCUT2D eigenvalue weighted by Gasteiger charge is -2.53. The monoisotopic (exact) mass is 561 g/mol. The van der Waals surface area contributed by atoms with E-state index in [1.807, 2.05) is 7.11 Å². The second-order valence-electron chi connectivity index (χ2n) is 8.84. The van der Waals surface area contributed by atoms with E-state index >= 15 is 0 Å². The number of aryl methyl sites for hydroxylation is 1. The number of hydrogen-bond acceptors (Lipinski definition) is 5. The Bertz CT molecular complexity index is 1210.